The van der Waals surface area contributed by atoms with E-state index in [1.165, 1.54) is 11.5 Å². The first kappa shape index (κ1) is 12.9. The van der Waals surface area contributed by atoms with Crippen LogP contribution >= 0.6 is 23.3 Å². The predicted molar refractivity (Wildman–Crippen MR) is 64.5 cm³/mol. The zero-order valence-corrected chi connectivity index (χ0v) is 10.7. The maximum atomic E-state index is 5.58. The van der Waals surface area contributed by atoms with E-state index in [0.717, 1.165) is 22.3 Å². The zero-order valence-electron chi connectivity index (χ0n) is 9.10. The smallest absolute Gasteiger partial charge is 0.170 e. The van der Waals surface area contributed by atoms with Gasteiger partial charge in [-0.3, -0.25) is 0 Å². The van der Waals surface area contributed by atoms with Gasteiger partial charge < -0.3 is 10.5 Å². The lowest BCUT2D eigenvalue weighted by molar-refractivity contribution is 0.0858. The number of thioether (sulfide) groups is 1. The van der Waals surface area contributed by atoms with E-state index in [-0.39, 0.29) is 6.10 Å². The average Bonchev–Trinajstić information content (AvgIpc) is 2.72. The Labute approximate surface area is 98.8 Å². The number of nitrogens with zero attached hydrogens (tertiary/aromatic N) is 2. The summed E-state index contributed by atoms with van der Waals surface area (Å²) in [5.41, 5.74) is 5.58. The van der Waals surface area contributed by atoms with Gasteiger partial charge in [-0.05, 0) is 18.5 Å². The van der Waals surface area contributed by atoms with Crippen molar-refractivity contribution in [3.8, 4) is 0 Å². The van der Waals surface area contributed by atoms with Crippen LogP contribution in [-0.2, 0) is 11.2 Å². The normalized spacial score (nSPS) is 13.0. The molecular weight excluding hydrogens is 230 g/mol. The molecule has 6 heteroatoms. The number of rotatable bonds is 7. The van der Waals surface area contributed by atoms with E-state index >= 15 is 0 Å². The summed E-state index contributed by atoms with van der Waals surface area (Å²) in [4.78, 5) is 4.37. The van der Waals surface area contributed by atoms with Crippen LogP contribution in [0.4, 0.5) is 0 Å². The third-order valence-electron chi connectivity index (χ3n) is 1.82. The summed E-state index contributed by atoms with van der Waals surface area (Å²) >= 11 is 3.12. The predicted octanol–water partition coefficient (Wildman–Crippen LogP) is 1.56. The number of aromatic nitrogens is 2. The van der Waals surface area contributed by atoms with E-state index in [0.29, 0.717) is 13.2 Å². The van der Waals surface area contributed by atoms with Gasteiger partial charge in [-0.25, -0.2) is 4.98 Å². The number of nitrogens with two attached hydrogens (primary N) is 1. The molecule has 0 saturated heterocycles. The maximum Gasteiger partial charge on any atom is 0.170 e. The minimum Gasteiger partial charge on any atom is -0.376 e. The average molecular weight is 247 g/mol. The largest absolute Gasteiger partial charge is 0.376 e. The van der Waals surface area contributed by atoms with Gasteiger partial charge in [0.2, 0.25) is 0 Å². The molecule has 0 amide bonds. The highest BCUT2D eigenvalue weighted by Gasteiger charge is 2.09. The lowest BCUT2D eigenvalue weighted by Gasteiger charge is -2.12. The van der Waals surface area contributed by atoms with Gasteiger partial charge in [-0.1, -0.05) is 18.7 Å². The maximum absolute atomic E-state index is 5.58. The molecule has 1 unspecified atom stereocenters. The fourth-order valence-electron chi connectivity index (χ4n) is 1.02. The highest BCUT2D eigenvalue weighted by Crippen LogP contribution is 2.21. The summed E-state index contributed by atoms with van der Waals surface area (Å²) in [5, 5.41) is 0. The Morgan fingerprint density at radius 2 is 2.33 bits per heavy atom. The first-order valence-corrected chi connectivity index (χ1v) is 6.83. The highest BCUT2D eigenvalue weighted by atomic mass is 32.2. The summed E-state index contributed by atoms with van der Waals surface area (Å²) in [6, 6.07) is 0. The van der Waals surface area contributed by atoms with Gasteiger partial charge in [0.15, 0.2) is 4.34 Å². The second-order valence-corrected chi connectivity index (χ2v) is 4.97. The van der Waals surface area contributed by atoms with Crippen molar-refractivity contribution in [2.45, 2.75) is 30.7 Å². The van der Waals surface area contributed by atoms with E-state index < -0.39 is 0 Å². The lowest BCUT2D eigenvalue weighted by Crippen LogP contribution is -2.26. The molecule has 0 aliphatic heterocycles. The standard InChI is InChI=1S/C9H17N3OS2/c1-3-8-11-9(15-12-8)14-6-7(5-10)13-4-2/h7H,3-6,10H2,1-2H3. The number of aryl methyl sites for hydroxylation is 1. The van der Waals surface area contributed by atoms with Gasteiger partial charge >= 0.3 is 0 Å². The van der Waals surface area contributed by atoms with E-state index in [1.807, 2.05) is 6.92 Å². The molecular formula is C9H17N3OS2. The van der Waals surface area contributed by atoms with Gasteiger partial charge in [-0.2, -0.15) is 4.37 Å². The fraction of sp³-hybridized carbons (Fsp3) is 0.778. The molecule has 0 fully saturated rings. The van der Waals surface area contributed by atoms with Crippen molar-refractivity contribution in [2.24, 2.45) is 5.73 Å². The van der Waals surface area contributed by atoms with Crippen molar-refractivity contribution in [2.75, 3.05) is 18.9 Å². The van der Waals surface area contributed by atoms with Crippen molar-refractivity contribution < 1.29 is 4.74 Å². The molecule has 4 nitrogen and oxygen atoms in total. The highest BCUT2D eigenvalue weighted by molar-refractivity contribution is 8.00. The molecule has 0 aliphatic carbocycles. The molecule has 0 saturated carbocycles. The summed E-state index contributed by atoms with van der Waals surface area (Å²) in [6.45, 7) is 5.30. The molecule has 0 radical (unpaired) electrons. The molecule has 1 atom stereocenters. The van der Waals surface area contributed by atoms with E-state index in [9.17, 15) is 0 Å². The van der Waals surface area contributed by atoms with Gasteiger partial charge in [0, 0.05) is 25.3 Å². The molecule has 0 spiro atoms. The van der Waals surface area contributed by atoms with Crippen LogP contribution in [0.15, 0.2) is 4.34 Å². The quantitative estimate of drug-likeness (QED) is 0.741. The molecule has 1 aromatic heterocycles. The van der Waals surface area contributed by atoms with Crippen molar-refractivity contribution in [3.63, 3.8) is 0 Å². The topological polar surface area (TPSA) is 61.0 Å². The van der Waals surface area contributed by atoms with Crippen LogP contribution < -0.4 is 5.73 Å². The Morgan fingerprint density at radius 1 is 1.53 bits per heavy atom. The van der Waals surface area contributed by atoms with Crippen LogP contribution in [-0.4, -0.2) is 34.4 Å². The van der Waals surface area contributed by atoms with E-state index in [4.69, 9.17) is 10.5 Å². The first-order valence-electron chi connectivity index (χ1n) is 5.07. The number of ether oxygens (including phenoxy) is 1. The summed E-state index contributed by atoms with van der Waals surface area (Å²) in [6.07, 6.45) is 1.01. The first-order chi connectivity index (χ1) is 7.30. The molecule has 2 N–H and O–H groups in total. The van der Waals surface area contributed by atoms with Crippen LogP contribution in [0.2, 0.25) is 0 Å². The van der Waals surface area contributed by atoms with Gasteiger partial charge in [-0.15, -0.1) is 0 Å². The van der Waals surface area contributed by atoms with E-state index in [1.54, 1.807) is 11.8 Å². The molecule has 0 aromatic carbocycles. The lowest BCUT2D eigenvalue weighted by atomic mass is 10.4. The van der Waals surface area contributed by atoms with Crippen molar-refractivity contribution >= 4 is 23.3 Å². The van der Waals surface area contributed by atoms with Crippen LogP contribution in [0.3, 0.4) is 0 Å². The Balaban J connectivity index is 2.34. The summed E-state index contributed by atoms with van der Waals surface area (Å²) in [5.74, 6) is 1.77. The third-order valence-corrected chi connectivity index (χ3v) is 3.83. The third kappa shape index (κ3) is 4.46. The number of hydrogen-bond donors (Lipinski definition) is 1. The Hall–Kier alpha value is -0.170. The minimum atomic E-state index is 0.119. The molecule has 1 heterocycles. The molecule has 0 aliphatic rings. The van der Waals surface area contributed by atoms with Gasteiger partial charge in [0.05, 0.1) is 6.10 Å². The van der Waals surface area contributed by atoms with Crippen molar-refractivity contribution in [3.05, 3.63) is 5.82 Å². The van der Waals surface area contributed by atoms with Crippen molar-refractivity contribution in [1.29, 1.82) is 0 Å². The second kappa shape index (κ2) is 7.16. The molecule has 15 heavy (non-hydrogen) atoms. The Morgan fingerprint density at radius 3 is 2.87 bits per heavy atom. The fourth-order valence-corrected chi connectivity index (χ4v) is 2.78. The Bertz CT molecular complexity index is 280. The van der Waals surface area contributed by atoms with Crippen LogP contribution in [0.1, 0.15) is 19.7 Å². The molecule has 0 bridgehead atoms. The second-order valence-electron chi connectivity index (χ2n) is 2.95. The summed E-state index contributed by atoms with van der Waals surface area (Å²) < 4.78 is 10.7. The molecule has 1 aromatic rings. The van der Waals surface area contributed by atoms with E-state index in [2.05, 4.69) is 16.3 Å². The van der Waals surface area contributed by atoms with Crippen LogP contribution in [0.5, 0.6) is 0 Å². The monoisotopic (exact) mass is 247 g/mol. The minimum absolute atomic E-state index is 0.119. The van der Waals surface area contributed by atoms with Gasteiger partial charge in [0.1, 0.15) is 5.82 Å². The molecule has 1 rings (SSSR count). The zero-order chi connectivity index (χ0) is 11.1. The van der Waals surface area contributed by atoms with Crippen molar-refractivity contribution in [1.82, 2.24) is 9.36 Å². The van der Waals surface area contributed by atoms with Gasteiger partial charge in [0.25, 0.3) is 0 Å². The molecule has 86 valence electrons. The SMILES string of the molecule is CCOC(CN)CSc1nc(CC)ns1. The van der Waals surface area contributed by atoms with Crippen LogP contribution in [0, 0.1) is 0 Å². The Kier molecular flexibility index (Phi) is 6.16. The summed E-state index contributed by atoms with van der Waals surface area (Å²) in [7, 11) is 0. The van der Waals surface area contributed by atoms with Crippen LogP contribution in [0.25, 0.3) is 0 Å². The number of hydrogen-bond acceptors (Lipinski definition) is 6.